The lowest BCUT2D eigenvalue weighted by molar-refractivity contribution is 0.430. The predicted molar refractivity (Wildman–Crippen MR) is 62.6 cm³/mol. The quantitative estimate of drug-likeness (QED) is 0.846. The van der Waals surface area contributed by atoms with E-state index in [9.17, 15) is 0 Å². The summed E-state index contributed by atoms with van der Waals surface area (Å²) in [5, 5.41) is 3.50. The zero-order valence-corrected chi connectivity index (χ0v) is 9.96. The van der Waals surface area contributed by atoms with Crippen LogP contribution in [0.3, 0.4) is 0 Å². The molecule has 1 aliphatic heterocycles. The van der Waals surface area contributed by atoms with Crippen molar-refractivity contribution >= 4 is 0 Å². The molecule has 0 radical (unpaired) electrons. The molecule has 88 valence electrons. The Hall–Kier alpha value is -0.830. The second-order valence-corrected chi connectivity index (χ2v) is 5.04. The van der Waals surface area contributed by atoms with Gasteiger partial charge in [0, 0.05) is 24.8 Å². The van der Waals surface area contributed by atoms with Crippen molar-refractivity contribution < 1.29 is 4.42 Å². The zero-order chi connectivity index (χ0) is 11.0. The van der Waals surface area contributed by atoms with Gasteiger partial charge in [-0.1, -0.05) is 6.92 Å². The number of hydrogen-bond acceptors (Lipinski definition) is 3. The van der Waals surface area contributed by atoms with Gasteiger partial charge in [-0.05, 0) is 32.2 Å². The van der Waals surface area contributed by atoms with Crippen molar-refractivity contribution in [1.29, 1.82) is 0 Å². The summed E-state index contributed by atoms with van der Waals surface area (Å²) in [5.41, 5.74) is 1.26. The van der Waals surface area contributed by atoms with E-state index in [2.05, 4.69) is 12.2 Å². The molecule has 2 heterocycles. The highest BCUT2D eigenvalue weighted by Gasteiger charge is 2.30. The van der Waals surface area contributed by atoms with Crippen molar-refractivity contribution in [3.05, 3.63) is 17.3 Å². The molecule has 0 bridgehead atoms. The van der Waals surface area contributed by atoms with Crippen LogP contribution in [0.15, 0.2) is 4.42 Å². The lowest BCUT2D eigenvalue weighted by Gasteiger charge is -2.05. The Kier molecular flexibility index (Phi) is 2.72. The Morgan fingerprint density at radius 2 is 2.25 bits per heavy atom. The lowest BCUT2D eigenvalue weighted by Crippen LogP contribution is -2.23. The Bertz CT molecular complexity index is 362. The smallest absolute Gasteiger partial charge is 0.196 e. The fourth-order valence-electron chi connectivity index (χ4n) is 2.57. The minimum absolute atomic E-state index is 0.593. The minimum Gasteiger partial charge on any atom is -0.445 e. The summed E-state index contributed by atoms with van der Waals surface area (Å²) in [6.07, 6.45) is 7.13. The molecule has 3 heteroatoms. The summed E-state index contributed by atoms with van der Waals surface area (Å²) in [6.45, 7) is 3.31. The molecule has 1 N–H and O–H groups in total. The Morgan fingerprint density at radius 1 is 1.38 bits per heavy atom. The summed E-state index contributed by atoms with van der Waals surface area (Å²) < 4.78 is 5.88. The van der Waals surface area contributed by atoms with Gasteiger partial charge in [-0.25, -0.2) is 4.98 Å². The molecule has 3 nitrogen and oxygen atoms in total. The highest BCUT2D eigenvalue weighted by atomic mass is 16.4. The maximum absolute atomic E-state index is 5.88. The molecule has 16 heavy (non-hydrogen) atoms. The second kappa shape index (κ2) is 4.21. The van der Waals surface area contributed by atoms with Crippen LogP contribution in [0.5, 0.6) is 0 Å². The van der Waals surface area contributed by atoms with Crippen LogP contribution < -0.4 is 5.32 Å². The van der Waals surface area contributed by atoms with Crippen molar-refractivity contribution in [2.45, 2.75) is 57.4 Å². The molecule has 1 aromatic heterocycles. The van der Waals surface area contributed by atoms with Gasteiger partial charge >= 0.3 is 0 Å². The fraction of sp³-hybridized carbons (Fsp3) is 0.769. The van der Waals surface area contributed by atoms with Gasteiger partial charge in [-0.3, -0.25) is 0 Å². The van der Waals surface area contributed by atoms with Gasteiger partial charge in [-0.2, -0.15) is 0 Å². The van der Waals surface area contributed by atoms with Gasteiger partial charge < -0.3 is 9.73 Å². The van der Waals surface area contributed by atoms with Crippen LogP contribution >= 0.6 is 0 Å². The summed E-state index contributed by atoms with van der Waals surface area (Å²) in [7, 11) is 0. The highest BCUT2D eigenvalue weighted by molar-refractivity contribution is 5.20. The minimum atomic E-state index is 0.593. The normalized spacial score (nSPS) is 25.2. The van der Waals surface area contributed by atoms with E-state index in [4.69, 9.17) is 9.40 Å². The van der Waals surface area contributed by atoms with Crippen molar-refractivity contribution in [2.75, 3.05) is 6.54 Å². The number of oxazole rings is 1. The molecule has 1 aromatic rings. The maximum atomic E-state index is 5.88. The van der Waals surface area contributed by atoms with E-state index in [1.165, 1.54) is 31.4 Å². The molecule has 0 spiro atoms. The highest BCUT2D eigenvalue weighted by Crippen LogP contribution is 2.41. The largest absolute Gasteiger partial charge is 0.445 e. The van der Waals surface area contributed by atoms with Gasteiger partial charge in [0.2, 0.25) is 0 Å². The van der Waals surface area contributed by atoms with Crippen molar-refractivity contribution in [3.63, 3.8) is 0 Å². The van der Waals surface area contributed by atoms with Gasteiger partial charge in [0.15, 0.2) is 5.89 Å². The Labute approximate surface area is 96.6 Å². The zero-order valence-electron chi connectivity index (χ0n) is 9.96. The van der Waals surface area contributed by atoms with E-state index in [0.717, 1.165) is 31.0 Å². The number of hydrogen-bond donors (Lipinski definition) is 1. The first-order chi connectivity index (χ1) is 7.86. The number of aromatic nitrogens is 1. The van der Waals surface area contributed by atoms with Crippen LogP contribution in [0, 0.1) is 0 Å². The predicted octanol–water partition coefficient (Wildman–Crippen LogP) is 2.41. The first-order valence-corrected chi connectivity index (χ1v) is 6.58. The van der Waals surface area contributed by atoms with Gasteiger partial charge in [0.1, 0.15) is 5.76 Å². The van der Waals surface area contributed by atoms with Crippen molar-refractivity contribution in [1.82, 2.24) is 10.3 Å². The molecule has 3 rings (SSSR count). The summed E-state index contributed by atoms with van der Waals surface area (Å²) in [4.78, 5) is 4.70. The van der Waals surface area contributed by atoms with E-state index < -0.39 is 0 Å². The van der Waals surface area contributed by atoms with Gasteiger partial charge in [0.25, 0.3) is 0 Å². The first kappa shape index (κ1) is 10.3. The summed E-state index contributed by atoms with van der Waals surface area (Å²) in [5.74, 6) is 2.80. The fourth-order valence-corrected chi connectivity index (χ4v) is 2.57. The van der Waals surface area contributed by atoms with Crippen LogP contribution in [0.25, 0.3) is 0 Å². The third kappa shape index (κ3) is 2.01. The third-order valence-corrected chi connectivity index (χ3v) is 3.64. The van der Waals surface area contributed by atoms with Crippen LogP contribution in [0.2, 0.25) is 0 Å². The lowest BCUT2D eigenvalue weighted by atomic mass is 10.1. The average molecular weight is 220 g/mol. The standard InChI is InChI=1S/C13H20N2O/c1-2-11-13(9-5-6-9)15-12(16-11)8-10-4-3-7-14-10/h9-10,14H,2-8H2,1H3. The van der Waals surface area contributed by atoms with Crippen LogP contribution in [-0.2, 0) is 12.8 Å². The van der Waals surface area contributed by atoms with Crippen LogP contribution in [-0.4, -0.2) is 17.6 Å². The molecule has 0 amide bonds. The maximum Gasteiger partial charge on any atom is 0.196 e. The Morgan fingerprint density at radius 3 is 2.88 bits per heavy atom. The first-order valence-electron chi connectivity index (χ1n) is 6.58. The number of nitrogens with zero attached hydrogens (tertiary/aromatic N) is 1. The molecule has 1 atom stereocenters. The second-order valence-electron chi connectivity index (χ2n) is 5.04. The monoisotopic (exact) mass is 220 g/mol. The van der Waals surface area contributed by atoms with Crippen LogP contribution in [0.1, 0.15) is 55.9 Å². The number of nitrogens with one attached hydrogen (secondary N) is 1. The van der Waals surface area contributed by atoms with Crippen molar-refractivity contribution in [3.8, 4) is 0 Å². The van der Waals surface area contributed by atoms with E-state index in [0.29, 0.717) is 12.0 Å². The molecule has 1 unspecified atom stereocenters. The molecule has 1 saturated carbocycles. The molecule has 1 aliphatic carbocycles. The Balaban J connectivity index is 1.73. The number of rotatable bonds is 4. The summed E-state index contributed by atoms with van der Waals surface area (Å²) in [6, 6.07) is 0.593. The molecule has 2 fully saturated rings. The van der Waals surface area contributed by atoms with Gasteiger partial charge in [0.05, 0.1) is 5.69 Å². The van der Waals surface area contributed by atoms with Crippen molar-refractivity contribution in [2.24, 2.45) is 0 Å². The van der Waals surface area contributed by atoms with E-state index in [1.807, 2.05) is 0 Å². The molecule has 2 aliphatic rings. The van der Waals surface area contributed by atoms with E-state index in [1.54, 1.807) is 0 Å². The van der Waals surface area contributed by atoms with E-state index in [-0.39, 0.29) is 0 Å². The third-order valence-electron chi connectivity index (χ3n) is 3.64. The molecule has 0 aromatic carbocycles. The molecular weight excluding hydrogens is 200 g/mol. The number of aryl methyl sites for hydroxylation is 1. The SMILES string of the molecule is CCc1oc(CC2CCCN2)nc1C1CC1. The topological polar surface area (TPSA) is 38.1 Å². The van der Waals surface area contributed by atoms with Gasteiger partial charge in [-0.15, -0.1) is 0 Å². The average Bonchev–Trinajstić information content (AvgIpc) is 2.86. The van der Waals surface area contributed by atoms with E-state index >= 15 is 0 Å². The molecular formula is C13H20N2O. The molecule has 1 saturated heterocycles. The summed E-state index contributed by atoms with van der Waals surface area (Å²) >= 11 is 0. The van der Waals surface area contributed by atoms with Crippen LogP contribution in [0.4, 0.5) is 0 Å².